The fourth-order valence-corrected chi connectivity index (χ4v) is 4.38. The first-order valence-corrected chi connectivity index (χ1v) is 13.4. The van der Waals surface area contributed by atoms with E-state index in [-0.39, 0.29) is 18.8 Å². The fraction of sp³-hybridized carbons (Fsp3) is 0.381. The van der Waals surface area contributed by atoms with Crippen molar-refractivity contribution < 1.29 is 44.2 Å². The van der Waals surface area contributed by atoms with Crippen LogP contribution in [-0.2, 0) is 49.4 Å². The van der Waals surface area contributed by atoms with E-state index in [0.29, 0.717) is 0 Å². The molecule has 0 amide bonds. The van der Waals surface area contributed by atoms with Crippen molar-refractivity contribution in [2.24, 2.45) is 0 Å². The van der Waals surface area contributed by atoms with E-state index in [1.165, 1.54) is 12.1 Å². The van der Waals surface area contributed by atoms with Crippen molar-refractivity contribution in [3.63, 3.8) is 0 Å². The van der Waals surface area contributed by atoms with Crippen molar-refractivity contribution in [3.05, 3.63) is 71.8 Å². The predicted molar refractivity (Wildman–Crippen MR) is 116 cm³/mol. The minimum Gasteiger partial charge on any atom is -0.453 e. The molecular weight excluding hydrogens is 476 g/mol. The smallest absolute Gasteiger partial charge is 0.338 e. The summed E-state index contributed by atoms with van der Waals surface area (Å²) in [6, 6.07) is 16.9. The maximum atomic E-state index is 12.5. The van der Waals surface area contributed by atoms with Gasteiger partial charge in [0.1, 0.15) is 6.10 Å². The van der Waals surface area contributed by atoms with Gasteiger partial charge in [-0.3, -0.25) is 8.37 Å². The average Bonchev–Trinajstić information content (AvgIpc) is 2.75. The van der Waals surface area contributed by atoms with E-state index in [0.717, 1.165) is 18.1 Å². The van der Waals surface area contributed by atoms with Gasteiger partial charge in [-0.1, -0.05) is 48.5 Å². The van der Waals surface area contributed by atoms with Gasteiger partial charge in [0, 0.05) is 0 Å². The van der Waals surface area contributed by atoms with Crippen LogP contribution < -0.4 is 0 Å². The topological polar surface area (TPSA) is 132 Å². The molecule has 1 saturated heterocycles. The third-order valence-electron chi connectivity index (χ3n) is 4.48. The van der Waals surface area contributed by atoms with Gasteiger partial charge in [-0.25, -0.2) is 4.79 Å². The van der Waals surface area contributed by atoms with Crippen LogP contribution in [0.5, 0.6) is 0 Å². The Hall–Kier alpha value is -2.35. The number of rotatable bonds is 9. The number of ether oxygens (including phenoxy) is 3. The van der Waals surface area contributed by atoms with E-state index in [4.69, 9.17) is 22.6 Å². The van der Waals surface area contributed by atoms with E-state index in [1.807, 2.05) is 6.07 Å². The van der Waals surface area contributed by atoms with Gasteiger partial charge in [0.2, 0.25) is 0 Å². The highest BCUT2D eigenvalue weighted by Crippen LogP contribution is 2.28. The van der Waals surface area contributed by atoms with E-state index >= 15 is 0 Å². The molecule has 0 aromatic heterocycles. The maximum absolute atomic E-state index is 12.5. The predicted octanol–water partition coefficient (Wildman–Crippen LogP) is 1.47. The second-order valence-corrected chi connectivity index (χ2v) is 10.5. The number of carbonyl (C=O) groups excluding carboxylic acids is 1. The Morgan fingerprint density at radius 2 is 1.42 bits per heavy atom. The molecular formula is C21H24O10S2. The molecule has 0 aliphatic carbocycles. The number of carbonyl (C=O) groups is 1. The van der Waals surface area contributed by atoms with Crippen LogP contribution in [0.25, 0.3) is 0 Å². The zero-order chi connectivity index (χ0) is 24.1. The van der Waals surface area contributed by atoms with Gasteiger partial charge < -0.3 is 14.2 Å². The largest absolute Gasteiger partial charge is 0.453 e. The van der Waals surface area contributed by atoms with E-state index in [1.54, 1.807) is 42.5 Å². The van der Waals surface area contributed by atoms with Crippen LogP contribution in [-0.4, -0.2) is 66.5 Å². The van der Waals surface area contributed by atoms with Gasteiger partial charge in [0.15, 0.2) is 18.5 Å². The Labute approximate surface area is 192 Å². The van der Waals surface area contributed by atoms with Crippen LogP contribution in [0.1, 0.15) is 15.9 Å². The summed E-state index contributed by atoms with van der Waals surface area (Å²) in [5.41, 5.74) is 0.969. The van der Waals surface area contributed by atoms with Crippen molar-refractivity contribution >= 4 is 26.2 Å². The number of benzene rings is 2. The van der Waals surface area contributed by atoms with Gasteiger partial charge in [-0.2, -0.15) is 16.8 Å². The molecule has 2 aromatic rings. The standard InChI is InChI=1S/C21H24O10S2/c1-32(23,24)30-18-17(29-20(22)16-11-7-4-8-12-16)14-28-21(19(18)31-33(2,25)26)27-13-15-9-5-3-6-10-15/h3-12,17-19,21H,13-14H2,1-2H3/t17-,18-,19-,21+/m1/s1. The molecule has 0 saturated carbocycles. The minimum atomic E-state index is -4.11. The molecule has 1 aliphatic rings. The molecule has 180 valence electrons. The molecule has 0 spiro atoms. The number of hydrogen-bond donors (Lipinski definition) is 0. The number of hydrogen-bond acceptors (Lipinski definition) is 10. The Balaban J connectivity index is 1.86. The molecule has 1 aliphatic heterocycles. The van der Waals surface area contributed by atoms with E-state index in [2.05, 4.69) is 0 Å². The van der Waals surface area contributed by atoms with Crippen molar-refractivity contribution in [1.29, 1.82) is 0 Å². The Morgan fingerprint density at radius 1 is 0.879 bits per heavy atom. The van der Waals surface area contributed by atoms with Gasteiger partial charge >= 0.3 is 5.97 Å². The summed E-state index contributed by atoms with van der Waals surface area (Å²) in [6.45, 7) is -0.295. The normalized spacial score (nSPS) is 23.7. The molecule has 0 N–H and O–H groups in total. The zero-order valence-corrected chi connectivity index (χ0v) is 19.5. The van der Waals surface area contributed by atoms with Gasteiger partial charge in [-0.05, 0) is 17.7 Å². The fourth-order valence-electron chi connectivity index (χ4n) is 3.14. The molecule has 0 radical (unpaired) electrons. The van der Waals surface area contributed by atoms with Crippen molar-refractivity contribution in [2.45, 2.75) is 31.2 Å². The minimum absolute atomic E-state index is 0.0230. The third kappa shape index (κ3) is 7.88. The molecule has 1 heterocycles. The summed E-state index contributed by atoms with van der Waals surface area (Å²) >= 11 is 0. The highest BCUT2D eigenvalue weighted by atomic mass is 32.2. The summed E-state index contributed by atoms with van der Waals surface area (Å²) in [4.78, 5) is 12.5. The first-order chi connectivity index (χ1) is 15.5. The second kappa shape index (κ2) is 10.7. The van der Waals surface area contributed by atoms with Crippen LogP contribution in [0, 0.1) is 0 Å². The van der Waals surface area contributed by atoms with Gasteiger partial charge in [0.05, 0.1) is 31.3 Å². The maximum Gasteiger partial charge on any atom is 0.338 e. The highest BCUT2D eigenvalue weighted by molar-refractivity contribution is 7.86. The summed E-state index contributed by atoms with van der Waals surface area (Å²) in [5.74, 6) is -0.770. The first kappa shape index (κ1) is 25.3. The summed E-state index contributed by atoms with van der Waals surface area (Å²) in [7, 11) is -8.22. The molecule has 0 unspecified atom stereocenters. The van der Waals surface area contributed by atoms with Gasteiger partial charge in [0.25, 0.3) is 20.2 Å². The van der Waals surface area contributed by atoms with Crippen molar-refractivity contribution in [1.82, 2.24) is 0 Å². The lowest BCUT2D eigenvalue weighted by Gasteiger charge is -2.39. The Morgan fingerprint density at radius 3 is 2.00 bits per heavy atom. The molecule has 2 aromatic carbocycles. The van der Waals surface area contributed by atoms with Crippen LogP contribution in [0.2, 0.25) is 0 Å². The summed E-state index contributed by atoms with van der Waals surface area (Å²) in [5, 5.41) is 0. The van der Waals surface area contributed by atoms with Crippen LogP contribution >= 0.6 is 0 Å². The molecule has 1 fully saturated rings. The lowest BCUT2D eigenvalue weighted by atomic mass is 10.1. The van der Waals surface area contributed by atoms with Crippen LogP contribution in [0.15, 0.2) is 60.7 Å². The third-order valence-corrected chi connectivity index (χ3v) is 5.62. The SMILES string of the molecule is CS(=O)(=O)O[C@H]1[C@@H](OCc2ccccc2)OC[C@@H](OC(=O)c2ccccc2)[C@H]1OS(C)(=O)=O. The second-order valence-electron chi connectivity index (χ2n) is 7.34. The highest BCUT2D eigenvalue weighted by Gasteiger charge is 2.48. The molecule has 12 heteroatoms. The monoisotopic (exact) mass is 500 g/mol. The van der Waals surface area contributed by atoms with E-state index in [9.17, 15) is 21.6 Å². The summed E-state index contributed by atoms with van der Waals surface area (Å²) < 4.78 is 74.7. The quantitative estimate of drug-likeness (QED) is 0.368. The van der Waals surface area contributed by atoms with Crippen LogP contribution in [0.4, 0.5) is 0 Å². The lowest BCUT2D eigenvalue weighted by molar-refractivity contribution is -0.260. The van der Waals surface area contributed by atoms with Crippen molar-refractivity contribution in [3.8, 4) is 0 Å². The lowest BCUT2D eigenvalue weighted by Crippen LogP contribution is -2.58. The molecule has 10 nitrogen and oxygen atoms in total. The molecule has 33 heavy (non-hydrogen) atoms. The van der Waals surface area contributed by atoms with E-state index < -0.39 is 50.8 Å². The first-order valence-electron chi connectivity index (χ1n) is 9.81. The molecule has 0 bridgehead atoms. The van der Waals surface area contributed by atoms with Crippen LogP contribution in [0.3, 0.4) is 0 Å². The zero-order valence-electron chi connectivity index (χ0n) is 17.9. The van der Waals surface area contributed by atoms with Gasteiger partial charge in [-0.15, -0.1) is 0 Å². The summed E-state index contributed by atoms with van der Waals surface area (Å²) in [6.07, 6.45) is -4.15. The Kier molecular flexibility index (Phi) is 8.21. The van der Waals surface area contributed by atoms with Crippen molar-refractivity contribution in [2.75, 3.05) is 19.1 Å². The average molecular weight is 501 g/mol. The molecule has 3 rings (SSSR count). The Bertz CT molecular complexity index is 1130. The number of esters is 1. The molecule has 4 atom stereocenters.